The number of halogens is 2. The number of hydrogen-bond donors (Lipinski definition) is 2. The van der Waals surface area contributed by atoms with Crippen LogP contribution in [-0.2, 0) is 0 Å². The number of nitrogens with two attached hydrogens (primary N) is 2. The van der Waals surface area contributed by atoms with Gasteiger partial charge in [0.1, 0.15) is 5.82 Å². The molecule has 0 unspecified atom stereocenters. The van der Waals surface area contributed by atoms with Crippen molar-refractivity contribution in [1.82, 2.24) is 0 Å². The normalized spacial score (nSPS) is 10.4. The molecule has 1 rings (SSSR count). The lowest BCUT2D eigenvalue weighted by Crippen LogP contribution is -2.21. The molecule has 0 radical (unpaired) electrons. The van der Waals surface area contributed by atoms with Crippen molar-refractivity contribution in [2.75, 3.05) is 0 Å². The molecule has 0 aliphatic rings. The van der Waals surface area contributed by atoms with Crippen molar-refractivity contribution < 1.29 is 4.39 Å². The highest BCUT2D eigenvalue weighted by molar-refractivity contribution is 6.30. The van der Waals surface area contributed by atoms with Gasteiger partial charge in [0.2, 0.25) is 5.96 Å². The van der Waals surface area contributed by atoms with Crippen molar-refractivity contribution in [3.63, 3.8) is 0 Å². The van der Waals surface area contributed by atoms with E-state index in [-0.39, 0.29) is 11.0 Å². The van der Waals surface area contributed by atoms with Gasteiger partial charge in [-0.2, -0.15) is 5.10 Å². The van der Waals surface area contributed by atoms with E-state index in [2.05, 4.69) is 10.2 Å². The number of hydrogen-bond acceptors (Lipinski definition) is 2. The summed E-state index contributed by atoms with van der Waals surface area (Å²) in [5.41, 5.74) is 10.5. The van der Waals surface area contributed by atoms with E-state index in [9.17, 15) is 4.39 Å². The zero-order chi connectivity index (χ0) is 10.6. The molecule has 14 heavy (non-hydrogen) atoms. The Morgan fingerprint density at radius 3 is 2.64 bits per heavy atom. The van der Waals surface area contributed by atoms with Gasteiger partial charge < -0.3 is 11.5 Å². The maximum atomic E-state index is 12.8. The molecule has 0 aliphatic heterocycles. The fraction of sp³-hybridized carbons (Fsp3) is 0. The summed E-state index contributed by atoms with van der Waals surface area (Å²) in [4.78, 5) is 0. The highest BCUT2D eigenvalue weighted by atomic mass is 35.5. The van der Waals surface area contributed by atoms with Gasteiger partial charge in [0.05, 0.1) is 6.21 Å². The van der Waals surface area contributed by atoms with E-state index in [1.807, 2.05) is 0 Å². The molecule has 0 aliphatic carbocycles. The smallest absolute Gasteiger partial charge is 0.211 e. The number of guanidine groups is 1. The highest BCUT2D eigenvalue weighted by Gasteiger charge is 1.96. The zero-order valence-corrected chi connectivity index (χ0v) is 7.87. The van der Waals surface area contributed by atoms with E-state index in [0.717, 1.165) is 0 Å². The van der Waals surface area contributed by atoms with Crippen LogP contribution in [0, 0.1) is 5.82 Å². The van der Waals surface area contributed by atoms with Crippen LogP contribution in [0.3, 0.4) is 0 Å². The Bertz CT molecular complexity index is 365. The van der Waals surface area contributed by atoms with Crippen LogP contribution in [0.4, 0.5) is 4.39 Å². The molecule has 0 spiro atoms. The second-order valence-electron chi connectivity index (χ2n) is 2.47. The predicted molar refractivity (Wildman–Crippen MR) is 54.8 cm³/mol. The molecule has 4 nitrogen and oxygen atoms in total. The summed E-state index contributed by atoms with van der Waals surface area (Å²) in [6, 6.07) is 3.99. The van der Waals surface area contributed by atoms with Gasteiger partial charge in [-0.1, -0.05) is 11.6 Å². The van der Waals surface area contributed by atoms with Crippen molar-refractivity contribution in [1.29, 1.82) is 0 Å². The first-order valence-electron chi connectivity index (χ1n) is 3.66. The SMILES string of the molecule is NC(N)=N/N=C/c1cc(F)cc(Cl)c1. The van der Waals surface area contributed by atoms with E-state index < -0.39 is 5.82 Å². The van der Waals surface area contributed by atoms with Crippen molar-refractivity contribution in [3.8, 4) is 0 Å². The van der Waals surface area contributed by atoms with E-state index >= 15 is 0 Å². The molecule has 74 valence electrons. The topological polar surface area (TPSA) is 76.8 Å². The van der Waals surface area contributed by atoms with Crippen LogP contribution in [0.5, 0.6) is 0 Å². The van der Waals surface area contributed by atoms with Gasteiger partial charge in [-0.15, -0.1) is 5.10 Å². The summed E-state index contributed by atoms with van der Waals surface area (Å²) < 4.78 is 12.8. The maximum Gasteiger partial charge on any atom is 0.211 e. The number of rotatable bonds is 2. The summed E-state index contributed by atoms with van der Waals surface area (Å²) in [6.45, 7) is 0. The van der Waals surface area contributed by atoms with Crippen LogP contribution in [0.25, 0.3) is 0 Å². The molecular formula is C8H8ClFN4. The fourth-order valence-electron chi connectivity index (χ4n) is 0.812. The first-order chi connectivity index (χ1) is 6.58. The number of nitrogens with zero attached hydrogens (tertiary/aromatic N) is 2. The van der Waals surface area contributed by atoms with E-state index in [1.165, 1.54) is 24.4 Å². The van der Waals surface area contributed by atoms with Crippen LogP contribution in [0.2, 0.25) is 5.02 Å². The third-order valence-corrected chi connectivity index (χ3v) is 1.48. The molecule has 0 saturated carbocycles. The molecule has 0 fully saturated rings. The Labute approximate surface area is 85.1 Å². The number of benzene rings is 1. The van der Waals surface area contributed by atoms with E-state index in [4.69, 9.17) is 23.1 Å². The van der Waals surface area contributed by atoms with Crippen molar-refractivity contribution in [2.24, 2.45) is 21.7 Å². The van der Waals surface area contributed by atoms with Gasteiger partial charge in [0, 0.05) is 5.02 Å². The van der Waals surface area contributed by atoms with Crippen LogP contribution < -0.4 is 11.5 Å². The lowest BCUT2D eigenvalue weighted by Gasteiger charge is -1.94. The lowest BCUT2D eigenvalue weighted by atomic mass is 10.2. The first-order valence-corrected chi connectivity index (χ1v) is 4.04. The van der Waals surface area contributed by atoms with Crippen molar-refractivity contribution >= 4 is 23.8 Å². The molecule has 0 saturated heterocycles. The van der Waals surface area contributed by atoms with Gasteiger partial charge >= 0.3 is 0 Å². The van der Waals surface area contributed by atoms with Gasteiger partial charge in [0.25, 0.3) is 0 Å². The molecule has 4 N–H and O–H groups in total. The highest BCUT2D eigenvalue weighted by Crippen LogP contribution is 2.12. The minimum Gasteiger partial charge on any atom is -0.369 e. The Balaban J connectivity index is 2.87. The second kappa shape index (κ2) is 4.57. The molecule has 1 aromatic rings. The second-order valence-corrected chi connectivity index (χ2v) is 2.91. The summed E-state index contributed by atoms with van der Waals surface area (Å²) >= 11 is 5.60. The average molecular weight is 215 g/mol. The average Bonchev–Trinajstić information content (AvgIpc) is 2.01. The van der Waals surface area contributed by atoms with Crippen LogP contribution in [0.1, 0.15) is 5.56 Å². The Morgan fingerprint density at radius 2 is 2.07 bits per heavy atom. The van der Waals surface area contributed by atoms with E-state index in [1.54, 1.807) is 0 Å². The van der Waals surface area contributed by atoms with Crippen molar-refractivity contribution in [3.05, 3.63) is 34.6 Å². The predicted octanol–water partition coefficient (Wildman–Crippen LogP) is 1.09. The largest absolute Gasteiger partial charge is 0.369 e. The standard InChI is InChI=1S/C8H8ClFN4/c9-6-1-5(2-7(10)3-6)4-13-14-8(11)12/h1-4H,(H4,11,12,14)/b13-4+. The monoisotopic (exact) mass is 214 g/mol. The Hall–Kier alpha value is -1.62. The quantitative estimate of drug-likeness (QED) is 0.439. The van der Waals surface area contributed by atoms with Gasteiger partial charge in [-0.05, 0) is 23.8 Å². The first kappa shape index (κ1) is 10.5. The van der Waals surface area contributed by atoms with E-state index in [0.29, 0.717) is 5.56 Å². The molecule has 0 atom stereocenters. The fourth-order valence-corrected chi connectivity index (χ4v) is 1.04. The molecule has 6 heteroatoms. The Kier molecular flexibility index (Phi) is 3.41. The summed E-state index contributed by atoms with van der Waals surface area (Å²) in [7, 11) is 0. The minimum atomic E-state index is -0.441. The summed E-state index contributed by atoms with van der Waals surface area (Å²) in [5.74, 6) is -0.604. The molecule has 0 amide bonds. The van der Waals surface area contributed by atoms with Crippen LogP contribution >= 0.6 is 11.6 Å². The summed E-state index contributed by atoms with van der Waals surface area (Å²) in [6.07, 6.45) is 1.30. The minimum absolute atomic E-state index is 0.163. The van der Waals surface area contributed by atoms with Gasteiger partial charge in [0.15, 0.2) is 0 Å². The maximum absolute atomic E-state index is 12.8. The third kappa shape index (κ3) is 3.40. The van der Waals surface area contributed by atoms with Crippen molar-refractivity contribution in [2.45, 2.75) is 0 Å². The molecular weight excluding hydrogens is 207 g/mol. The molecule has 0 heterocycles. The summed E-state index contributed by atoms with van der Waals surface area (Å²) in [5, 5.41) is 7.15. The lowest BCUT2D eigenvalue weighted by molar-refractivity contribution is 0.627. The van der Waals surface area contributed by atoms with Crippen LogP contribution in [0.15, 0.2) is 28.4 Å². The zero-order valence-electron chi connectivity index (χ0n) is 7.11. The molecule has 1 aromatic carbocycles. The van der Waals surface area contributed by atoms with Gasteiger partial charge in [-0.3, -0.25) is 0 Å². The van der Waals surface area contributed by atoms with Crippen LogP contribution in [-0.4, -0.2) is 12.2 Å². The third-order valence-electron chi connectivity index (χ3n) is 1.26. The Morgan fingerprint density at radius 1 is 1.36 bits per heavy atom. The molecule has 0 bridgehead atoms. The molecule has 0 aromatic heterocycles. The van der Waals surface area contributed by atoms with Gasteiger partial charge in [-0.25, -0.2) is 4.39 Å².